The zero-order valence-electron chi connectivity index (χ0n) is 23.0. The van der Waals surface area contributed by atoms with E-state index in [1.54, 1.807) is 18.2 Å². The first-order chi connectivity index (χ1) is 19.7. The molecule has 0 spiro atoms. The quantitative estimate of drug-likeness (QED) is 0.275. The van der Waals surface area contributed by atoms with Crippen molar-refractivity contribution < 1.29 is 19.5 Å². The number of hydrogen-bond acceptors (Lipinski definition) is 6. The number of aromatic hydroxyl groups is 1. The molecule has 9 nitrogen and oxygen atoms in total. The number of hydrogen-bond donors (Lipinski definition) is 3. The Hall–Kier alpha value is -3.66. The van der Waals surface area contributed by atoms with E-state index in [2.05, 4.69) is 20.5 Å². The Morgan fingerprint density at radius 2 is 1.73 bits per heavy atom. The smallest absolute Gasteiger partial charge is 0.259 e. The number of rotatable bonds is 9. The summed E-state index contributed by atoms with van der Waals surface area (Å²) < 4.78 is 0. The minimum absolute atomic E-state index is 0.0294. The lowest BCUT2D eigenvalue weighted by atomic mass is 9.90. The molecule has 3 aromatic rings. The number of likely N-dealkylation sites (N-methyl/N-ethyl adjacent to an activating group) is 1. The Kier molecular flexibility index (Phi) is 10.2. The number of pyridine rings is 1. The lowest BCUT2D eigenvalue weighted by molar-refractivity contribution is -0.132. The predicted octanol–water partition coefficient (Wildman–Crippen LogP) is 5.65. The van der Waals surface area contributed by atoms with Gasteiger partial charge in [0.2, 0.25) is 5.91 Å². The molecule has 1 aliphatic heterocycles. The molecule has 0 saturated carbocycles. The SMILES string of the molecule is CCN(CC)C(=O)CN1CCCC(c2ccc(C(=O)Nc3c(O)cc(Cl)cc3C(=O)Nc3ccc(Cl)cn3)cc2)C1. The number of aromatic nitrogens is 1. The summed E-state index contributed by atoms with van der Waals surface area (Å²) in [4.78, 5) is 46.8. The topological polar surface area (TPSA) is 115 Å². The third kappa shape index (κ3) is 7.75. The molecule has 1 atom stereocenters. The normalized spacial score (nSPS) is 15.3. The molecule has 2 heterocycles. The number of phenols is 1. The second-order valence-corrected chi connectivity index (χ2v) is 10.8. The van der Waals surface area contributed by atoms with Crippen LogP contribution in [0, 0.1) is 0 Å². The second kappa shape index (κ2) is 13.8. The van der Waals surface area contributed by atoms with Crippen molar-refractivity contribution in [3.05, 3.63) is 81.5 Å². The molecule has 1 unspecified atom stereocenters. The molecule has 0 bridgehead atoms. The van der Waals surface area contributed by atoms with E-state index in [4.69, 9.17) is 23.2 Å². The van der Waals surface area contributed by atoms with Crippen molar-refractivity contribution in [1.29, 1.82) is 0 Å². The number of phenolic OH excluding ortho intramolecular Hbond substituents is 1. The average Bonchev–Trinajstić information content (AvgIpc) is 2.96. The second-order valence-electron chi connectivity index (χ2n) is 9.88. The van der Waals surface area contributed by atoms with Gasteiger partial charge in [0.05, 0.1) is 22.8 Å². The van der Waals surface area contributed by atoms with Crippen LogP contribution in [0.3, 0.4) is 0 Å². The molecule has 1 fully saturated rings. The molecule has 11 heteroatoms. The third-order valence-corrected chi connectivity index (χ3v) is 7.60. The van der Waals surface area contributed by atoms with E-state index in [9.17, 15) is 19.5 Å². The molecule has 1 aliphatic rings. The fraction of sp³-hybridized carbons (Fsp3) is 0.333. The molecular formula is C30H33Cl2N5O4. The highest BCUT2D eigenvalue weighted by atomic mass is 35.5. The van der Waals surface area contributed by atoms with E-state index in [1.807, 2.05) is 30.9 Å². The maximum atomic E-state index is 13.1. The van der Waals surface area contributed by atoms with Gasteiger partial charge in [0.25, 0.3) is 11.8 Å². The summed E-state index contributed by atoms with van der Waals surface area (Å²) in [5.41, 5.74) is 1.35. The van der Waals surface area contributed by atoms with Crippen LogP contribution in [0.5, 0.6) is 5.75 Å². The van der Waals surface area contributed by atoms with Crippen LogP contribution in [0.25, 0.3) is 0 Å². The maximum absolute atomic E-state index is 13.1. The van der Waals surface area contributed by atoms with E-state index in [-0.39, 0.29) is 39.7 Å². The molecule has 3 amide bonds. The number of nitrogens with one attached hydrogen (secondary N) is 2. The van der Waals surface area contributed by atoms with E-state index in [1.165, 1.54) is 24.4 Å². The number of carbonyl (C=O) groups is 3. The molecule has 0 aliphatic carbocycles. The molecule has 2 aromatic carbocycles. The van der Waals surface area contributed by atoms with Gasteiger partial charge >= 0.3 is 0 Å². The van der Waals surface area contributed by atoms with E-state index in [0.717, 1.165) is 31.5 Å². The molecule has 216 valence electrons. The van der Waals surface area contributed by atoms with Crippen molar-refractivity contribution in [1.82, 2.24) is 14.8 Å². The van der Waals surface area contributed by atoms with Crippen LogP contribution in [0.15, 0.2) is 54.7 Å². The number of piperidine rings is 1. The van der Waals surface area contributed by atoms with Crippen LogP contribution in [-0.2, 0) is 4.79 Å². The van der Waals surface area contributed by atoms with Crippen molar-refractivity contribution >= 4 is 52.4 Å². The van der Waals surface area contributed by atoms with Gasteiger partial charge in [-0.1, -0.05) is 35.3 Å². The fourth-order valence-electron chi connectivity index (χ4n) is 4.97. The molecule has 4 rings (SSSR count). The predicted molar refractivity (Wildman–Crippen MR) is 161 cm³/mol. The van der Waals surface area contributed by atoms with Crippen molar-refractivity contribution in [2.75, 3.05) is 43.4 Å². The molecule has 41 heavy (non-hydrogen) atoms. The third-order valence-electron chi connectivity index (χ3n) is 7.16. The minimum atomic E-state index is -0.621. The van der Waals surface area contributed by atoms with Crippen molar-refractivity contribution in [3.63, 3.8) is 0 Å². The van der Waals surface area contributed by atoms with Gasteiger partial charge in [0.1, 0.15) is 11.6 Å². The first-order valence-electron chi connectivity index (χ1n) is 13.5. The molecular weight excluding hydrogens is 565 g/mol. The largest absolute Gasteiger partial charge is 0.506 e. The lowest BCUT2D eigenvalue weighted by Crippen LogP contribution is -2.43. The summed E-state index contributed by atoms with van der Waals surface area (Å²) >= 11 is 11.9. The number of benzene rings is 2. The number of amides is 3. The Morgan fingerprint density at radius 3 is 2.39 bits per heavy atom. The van der Waals surface area contributed by atoms with Gasteiger partial charge in [0, 0.05) is 42.5 Å². The van der Waals surface area contributed by atoms with Crippen LogP contribution >= 0.6 is 23.2 Å². The summed E-state index contributed by atoms with van der Waals surface area (Å²) in [6.45, 7) is 7.46. The van der Waals surface area contributed by atoms with E-state index < -0.39 is 11.8 Å². The van der Waals surface area contributed by atoms with E-state index in [0.29, 0.717) is 30.2 Å². The highest BCUT2D eigenvalue weighted by Gasteiger charge is 2.25. The molecule has 1 saturated heterocycles. The van der Waals surface area contributed by atoms with Crippen molar-refractivity contribution in [2.45, 2.75) is 32.6 Å². The van der Waals surface area contributed by atoms with E-state index >= 15 is 0 Å². The number of halogens is 2. The lowest BCUT2D eigenvalue weighted by Gasteiger charge is -2.33. The van der Waals surface area contributed by atoms with Crippen LogP contribution in [0.4, 0.5) is 11.5 Å². The average molecular weight is 599 g/mol. The first-order valence-corrected chi connectivity index (χ1v) is 14.3. The van der Waals surface area contributed by atoms with Gasteiger partial charge < -0.3 is 20.6 Å². The standard InChI is InChI=1S/C30H33Cl2N5O4/c1-3-37(4-2)27(39)18-36-13-5-6-21(17-36)19-7-9-20(10-8-19)29(40)35-28-24(14-23(32)15-25(28)38)30(41)34-26-12-11-22(31)16-33-26/h7-12,14-16,21,38H,3-6,13,17-18H2,1-2H3,(H,35,40)(H,33,34,41). The van der Waals surface area contributed by atoms with Gasteiger partial charge in [-0.3, -0.25) is 19.3 Å². The zero-order chi connectivity index (χ0) is 29.5. The monoisotopic (exact) mass is 597 g/mol. The summed E-state index contributed by atoms with van der Waals surface area (Å²) in [5, 5.41) is 16.3. The van der Waals surface area contributed by atoms with Gasteiger partial charge in [-0.05, 0) is 75.0 Å². The Balaban J connectivity index is 1.44. The molecule has 1 aromatic heterocycles. The Bertz CT molecular complexity index is 1400. The van der Waals surface area contributed by atoms with Gasteiger partial charge in [-0.2, -0.15) is 0 Å². The molecule has 3 N–H and O–H groups in total. The minimum Gasteiger partial charge on any atom is -0.506 e. The highest BCUT2D eigenvalue weighted by molar-refractivity contribution is 6.32. The van der Waals surface area contributed by atoms with Crippen LogP contribution in [0.2, 0.25) is 10.0 Å². The van der Waals surface area contributed by atoms with Gasteiger partial charge in [-0.15, -0.1) is 0 Å². The first kappa shape index (κ1) is 30.3. The van der Waals surface area contributed by atoms with Gasteiger partial charge in [-0.25, -0.2) is 4.98 Å². The number of nitrogens with zero attached hydrogens (tertiary/aromatic N) is 3. The molecule has 0 radical (unpaired) electrons. The zero-order valence-corrected chi connectivity index (χ0v) is 24.5. The Morgan fingerprint density at radius 1 is 1.00 bits per heavy atom. The maximum Gasteiger partial charge on any atom is 0.259 e. The highest BCUT2D eigenvalue weighted by Crippen LogP contribution is 2.33. The summed E-state index contributed by atoms with van der Waals surface area (Å²) in [6.07, 6.45) is 3.38. The van der Waals surface area contributed by atoms with Crippen LogP contribution < -0.4 is 10.6 Å². The Labute approximate surface area is 249 Å². The number of carbonyl (C=O) groups excluding carboxylic acids is 3. The summed E-state index contributed by atoms with van der Waals surface area (Å²) in [5.74, 6) is -0.829. The summed E-state index contributed by atoms with van der Waals surface area (Å²) in [6, 6.07) is 13.0. The van der Waals surface area contributed by atoms with Crippen molar-refractivity contribution in [3.8, 4) is 5.75 Å². The van der Waals surface area contributed by atoms with Crippen LogP contribution in [-0.4, -0.2) is 70.3 Å². The number of anilines is 2. The van der Waals surface area contributed by atoms with Gasteiger partial charge in [0.15, 0.2) is 0 Å². The van der Waals surface area contributed by atoms with Crippen LogP contribution in [0.1, 0.15) is 58.9 Å². The number of likely N-dealkylation sites (tertiary alicyclic amines) is 1. The fourth-order valence-corrected chi connectivity index (χ4v) is 5.29. The van der Waals surface area contributed by atoms with Crippen molar-refractivity contribution in [2.24, 2.45) is 0 Å². The summed E-state index contributed by atoms with van der Waals surface area (Å²) in [7, 11) is 0.